The van der Waals surface area contributed by atoms with E-state index in [4.69, 9.17) is 16.3 Å². The lowest BCUT2D eigenvalue weighted by Gasteiger charge is -2.13. The maximum absolute atomic E-state index is 12.9. The van der Waals surface area contributed by atoms with Crippen molar-refractivity contribution in [2.24, 2.45) is 0 Å². The van der Waals surface area contributed by atoms with Crippen molar-refractivity contribution in [3.05, 3.63) is 74.6 Å². The summed E-state index contributed by atoms with van der Waals surface area (Å²) in [6.07, 6.45) is 1.67. The van der Waals surface area contributed by atoms with E-state index in [9.17, 15) is 14.4 Å². The molecule has 9 heteroatoms. The molecule has 1 aliphatic heterocycles. The number of anilines is 1. The monoisotopic (exact) mass is 530 g/mol. The molecule has 1 aliphatic rings. The number of halogens is 2. The molecular formula is C23H16BrClN2O4S. The SMILES string of the molecule is COc1ccc(/C=C2/SC(=O)N(CC(=O)Nc3ccc(Br)c(Cl)c3)C2=O)c2ccccc12. The van der Waals surface area contributed by atoms with Crippen molar-refractivity contribution in [3.63, 3.8) is 0 Å². The van der Waals surface area contributed by atoms with Crippen LogP contribution in [0.3, 0.4) is 0 Å². The number of ether oxygens (including phenoxy) is 1. The molecule has 3 aromatic carbocycles. The van der Waals surface area contributed by atoms with E-state index < -0.39 is 17.1 Å². The van der Waals surface area contributed by atoms with Crippen molar-refractivity contribution in [1.29, 1.82) is 0 Å². The quantitative estimate of drug-likeness (QED) is 0.413. The molecule has 1 heterocycles. The number of benzene rings is 3. The zero-order valence-corrected chi connectivity index (χ0v) is 19.9. The summed E-state index contributed by atoms with van der Waals surface area (Å²) in [7, 11) is 1.60. The van der Waals surface area contributed by atoms with Gasteiger partial charge < -0.3 is 10.1 Å². The van der Waals surface area contributed by atoms with Crippen LogP contribution in [0.5, 0.6) is 5.75 Å². The normalized spacial score (nSPS) is 15.0. The molecule has 1 saturated heterocycles. The Labute approximate surface area is 201 Å². The van der Waals surface area contributed by atoms with Crippen LogP contribution < -0.4 is 10.1 Å². The molecule has 3 aromatic rings. The number of nitrogens with one attached hydrogen (secondary N) is 1. The number of methoxy groups -OCH3 is 1. The first-order chi connectivity index (χ1) is 15.4. The molecule has 6 nitrogen and oxygen atoms in total. The van der Waals surface area contributed by atoms with E-state index in [2.05, 4.69) is 21.2 Å². The molecule has 0 radical (unpaired) electrons. The molecule has 1 N–H and O–H groups in total. The second-order valence-corrected chi connectivity index (χ2v) is 9.10. The summed E-state index contributed by atoms with van der Waals surface area (Å²) >= 11 is 10.1. The molecule has 0 aromatic heterocycles. The van der Waals surface area contributed by atoms with Gasteiger partial charge in [0.05, 0.1) is 17.0 Å². The lowest BCUT2D eigenvalue weighted by Crippen LogP contribution is -2.36. The fraction of sp³-hybridized carbons (Fsp3) is 0.0870. The third-order valence-corrected chi connectivity index (χ3v) is 6.94. The minimum absolute atomic E-state index is 0.254. The average Bonchev–Trinajstić information content (AvgIpc) is 3.04. The van der Waals surface area contributed by atoms with E-state index in [0.717, 1.165) is 38.7 Å². The highest BCUT2D eigenvalue weighted by Crippen LogP contribution is 2.35. The Morgan fingerprint density at radius 2 is 1.91 bits per heavy atom. The van der Waals surface area contributed by atoms with Gasteiger partial charge in [-0.3, -0.25) is 19.3 Å². The van der Waals surface area contributed by atoms with Gasteiger partial charge in [0, 0.05) is 15.5 Å². The fourth-order valence-electron chi connectivity index (χ4n) is 3.29. The van der Waals surface area contributed by atoms with Crippen molar-refractivity contribution in [3.8, 4) is 5.75 Å². The Bertz CT molecular complexity index is 1290. The summed E-state index contributed by atoms with van der Waals surface area (Å²) in [5, 5.41) is 4.37. The van der Waals surface area contributed by atoms with Crippen molar-refractivity contribution >= 4 is 78.9 Å². The maximum Gasteiger partial charge on any atom is 0.294 e. The van der Waals surface area contributed by atoms with E-state index in [1.807, 2.05) is 36.4 Å². The highest BCUT2D eigenvalue weighted by molar-refractivity contribution is 9.10. The van der Waals surface area contributed by atoms with Crippen LogP contribution in [0.4, 0.5) is 10.5 Å². The van der Waals surface area contributed by atoms with Gasteiger partial charge >= 0.3 is 0 Å². The largest absolute Gasteiger partial charge is 0.496 e. The van der Waals surface area contributed by atoms with E-state index in [0.29, 0.717) is 15.2 Å². The molecule has 162 valence electrons. The smallest absolute Gasteiger partial charge is 0.294 e. The topological polar surface area (TPSA) is 75.7 Å². The van der Waals surface area contributed by atoms with Crippen LogP contribution in [0.1, 0.15) is 5.56 Å². The van der Waals surface area contributed by atoms with Crippen LogP contribution >= 0.6 is 39.3 Å². The van der Waals surface area contributed by atoms with Crippen LogP contribution in [0.25, 0.3) is 16.8 Å². The summed E-state index contributed by atoms with van der Waals surface area (Å²) in [6, 6.07) is 16.2. The van der Waals surface area contributed by atoms with E-state index in [1.165, 1.54) is 0 Å². The molecule has 0 unspecified atom stereocenters. The zero-order valence-electron chi connectivity index (χ0n) is 16.7. The average molecular weight is 532 g/mol. The number of carbonyl (C=O) groups excluding carboxylic acids is 3. The number of fused-ring (bicyclic) bond motifs is 1. The van der Waals surface area contributed by atoms with Gasteiger partial charge in [-0.25, -0.2) is 0 Å². The molecule has 3 amide bonds. The summed E-state index contributed by atoms with van der Waals surface area (Å²) in [4.78, 5) is 38.9. The predicted molar refractivity (Wildman–Crippen MR) is 131 cm³/mol. The van der Waals surface area contributed by atoms with Crippen molar-refractivity contribution in [2.75, 3.05) is 19.0 Å². The molecule has 0 saturated carbocycles. The first-order valence-corrected chi connectivity index (χ1v) is 11.4. The fourth-order valence-corrected chi connectivity index (χ4v) is 4.55. The van der Waals surface area contributed by atoms with Gasteiger partial charge in [-0.1, -0.05) is 41.9 Å². The van der Waals surface area contributed by atoms with Gasteiger partial charge in [-0.2, -0.15) is 0 Å². The highest BCUT2D eigenvalue weighted by atomic mass is 79.9. The van der Waals surface area contributed by atoms with Crippen LogP contribution in [0.2, 0.25) is 5.02 Å². The molecular weight excluding hydrogens is 516 g/mol. The summed E-state index contributed by atoms with van der Waals surface area (Å²) in [5.41, 5.74) is 1.25. The van der Waals surface area contributed by atoms with Gasteiger partial charge in [0.15, 0.2) is 0 Å². The molecule has 1 fully saturated rings. The number of rotatable bonds is 5. The molecule has 0 atom stereocenters. The standard InChI is InChI=1S/C23H16BrClN2O4S/c1-31-19-9-6-13(15-4-2-3-5-16(15)19)10-20-22(29)27(23(30)32-20)12-21(28)26-14-7-8-17(24)18(25)11-14/h2-11H,12H2,1H3,(H,26,28)/b20-10+. The highest BCUT2D eigenvalue weighted by Gasteiger charge is 2.36. The Kier molecular flexibility index (Phi) is 6.55. The number of nitrogens with zero attached hydrogens (tertiary/aromatic N) is 1. The Hall–Kier alpha value is -2.81. The van der Waals surface area contributed by atoms with Crippen LogP contribution in [-0.4, -0.2) is 35.6 Å². The van der Waals surface area contributed by atoms with E-state index in [-0.39, 0.29) is 11.4 Å². The minimum Gasteiger partial charge on any atom is -0.496 e. The lowest BCUT2D eigenvalue weighted by molar-refractivity contribution is -0.127. The Morgan fingerprint density at radius 1 is 1.16 bits per heavy atom. The maximum atomic E-state index is 12.9. The van der Waals surface area contributed by atoms with Crippen LogP contribution in [0.15, 0.2) is 64.0 Å². The molecule has 32 heavy (non-hydrogen) atoms. The predicted octanol–water partition coefficient (Wildman–Crippen LogP) is 5.94. The minimum atomic E-state index is -0.510. The number of carbonyl (C=O) groups is 3. The number of hydrogen-bond acceptors (Lipinski definition) is 5. The third kappa shape index (κ3) is 4.53. The van der Waals surface area contributed by atoms with Gasteiger partial charge in [0.2, 0.25) is 5.91 Å². The molecule has 0 aliphatic carbocycles. The number of hydrogen-bond donors (Lipinski definition) is 1. The summed E-state index contributed by atoms with van der Waals surface area (Å²) in [6.45, 7) is -0.390. The first kappa shape index (κ1) is 22.4. The van der Waals surface area contributed by atoms with Gasteiger partial charge in [0.1, 0.15) is 12.3 Å². The van der Waals surface area contributed by atoms with Crippen molar-refractivity contribution < 1.29 is 19.1 Å². The van der Waals surface area contributed by atoms with Crippen LogP contribution in [0, 0.1) is 0 Å². The Morgan fingerprint density at radius 3 is 2.62 bits per heavy atom. The summed E-state index contributed by atoms with van der Waals surface area (Å²) in [5.74, 6) is -0.290. The molecule has 0 spiro atoms. The number of imide groups is 1. The van der Waals surface area contributed by atoms with Gasteiger partial charge in [-0.15, -0.1) is 0 Å². The van der Waals surface area contributed by atoms with E-state index in [1.54, 1.807) is 31.4 Å². The number of amides is 3. The third-order valence-electron chi connectivity index (χ3n) is 4.80. The molecule has 4 rings (SSSR count). The zero-order chi connectivity index (χ0) is 22.8. The number of thioether (sulfide) groups is 1. The first-order valence-electron chi connectivity index (χ1n) is 9.43. The van der Waals surface area contributed by atoms with Crippen LogP contribution in [-0.2, 0) is 9.59 Å². The lowest BCUT2D eigenvalue weighted by atomic mass is 10.0. The Balaban J connectivity index is 1.54. The summed E-state index contributed by atoms with van der Waals surface area (Å²) < 4.78 is 6.10. The van der Waals surface area contributed by atoms with E-state index >= 15 is 0 Å². The van der Waals surface area contributed by atoms with Crippen molar-refractivity contribution in [1.82, 2.24) is 4.90 Å². The second kappa shape index (κ2) is 9.36. The van der Waals surface area contributed by atoms with Gasteiger partial charge in [0.25, 0.3) is 11.1 Å². The molecule has 0 bridgehead atoms. The second-order valence-electron chi connectivity index (χ2n) is 6.85. The van der Waals surface area contributed by atoms with Crippen molar-refractivity contribution in [2.45, 2.75) is 0 Å². The van der Waals surface area contributed by atoms with Gasteiger partial charge in [-0.05, 0) is 69.0 Å².